The summed E-state index contributed by atoms with van der Waals surface area (Å²) in [6.07, 6.45) is 1.52. The van der Waals surface area contributed by atoms with Gasteiger partial charge in [-0.25, -0.2) is 0 Å². The minimum Gasteiger partial charge on any atom is -0.490 e. The molecule has 21 heavy (non-hydrogen) atoms. The number of amides is 1. The fraction of sp³-hybridized carbons (Fsp3) is 0.214. The fourth-order valence-corrected chi connectivity index (χ4v) is 1.89. The number of furan rings is 1. The van der Waals surface area contributed by atoms with Crippen LogP contribution in [0.15, 0.2) is 41.0 Å². The third kappa shape index (κ3) is 3.19. The van der Waals surface area contributed by atoms with Crippen LogP contribution >= 0.6 is 0 Å². The van der Waals surface area contributed by atoms with E-state index in [1.54, 1.807) is 19.2 Å². The zero-order valence-corrected chi connectivity index (χ0v) is 11.6. The van der Waals surface area contributed by atoms with E-state index < -0.39 is 4.92 Å². The van der Waals surface area contributed by atoms with Gasteiger partial charge in [-0.2, -0.15) is 0 Å². The van der Waals surface area contributed by atoms with Crippen LogP contribution in [0.5, 0.6) is 5.75 Å². The van der Waals surface area contributed by atoms with Crippen LogP contribution in [0.25, 0.3) is 0 Å². The first-order valence-electron chi connectivity index (χ1n) is 6.13. The molecule has 1 amide bonds. The molecule has 0 bridgehead atoms. The lowest BCUT2D eigenvalue weighted by Crippen LogP contribution is -2.26. The molecular weight excluding hydrogens is 276 g/mol. The Morgan fingerprint density at radius 2 is 2.19 bits per heavy atom. The Morgan fingerprint density at radius 3 is 2.76 bits per heavy atom. The van der Waals surface area contributed by atoms with Gasteiger partial charge in [-0.1, -0.05) is 0 Å². The number of rotatable bonds is 5. The summed E-state index contributed by atoms with van der Waals surface area (Å²) in [6, 6.07) is 7.59. The van der Waals surface area contributed by atoms with E-state index in [9.17, 15) is 14.9 Å². The predicted molar refractivity (Wildman–Crippen MR) is 74.2 cm³/mol. The van der Waals surface area contributed by atoms with Crippen molar-refractivity contribution in [2.75, 3.05) is 14.2 Å². The summed E-state index contributed by atoms with van der Waals surface area (Å²) in [4.78, 5) is 24.1. The van der Waals surface area contributed by atoms with Crippen molar-refractivity contribution < 1.29 is 18.9 Å². The highest BCUT2D eigenvalue weighted by atomic mass is 16.6. The maximum atomic E-state index is 12.3. The normalized spacial score (nSPS) is 10.2. The Bertz CT molecular complexity index is 651. The minimum atomic E-state index is -0.581. The monoisotopic (exact) mass is 290 g/mol. The Hall–Kier alpha value is -2.83. The summed E-state index contributed by atoms with van der Waals surface area (Å²) >= 11 is 0. The molecule has 0 atom stereocenters. The van der Waals surface area contributed by atoms with Crippen molar-refractivity contribution in [3.05, 3.63) is 58.0 Å². The largest absolute Gasteiger partial charge is 0.490 e. The number of benzene rings is 1. The summed E-state index contributed by atoms with van der Waals surface area (Å²) < 4.78 is 10.1. The number of nitro groups is 1. The highest BCUT2D eigenvalue weighted by Crippen LogP contribution is 2.28. The van der Waals surface area contributed by atoms with Crippen LogP contribution in [0.2, 0.25) is 0 Å². The van der Waals surface area contributed by atoms with Gasteiger partial charge in [0, 0.05) is 18.7 Å². The molecule has 0 radical (unpaired) electrons. The number of hydrogen-bond acceptors (Lipinski definition) is 5. The first kappa shape index (κ1) is 14.6. The molecule has 0 unspecified atom stereocenters. The average molecular weight is 290 g/mol. The van der Waals surface area contributed by atoms with Gasteiger partial charge in [0.25, 0.3) is 5.91 Å². The quantitative estimate of drug-likeness (QED) is 0.623. The molecule has 110 valence electrons. The lowest BCUT2D eigenvalue weighted by molar-refractivity contribution is -0.385. The average Bonchev–Trinajstić information content (AvgIpc) is 2.98. The number of nitrogens with zero attached hydrogens (tertiary/aromatic N) is 2. The van der Waals surface area contributed by atoms with Crippen molar-refractivity contribution in [3.8, 4) is 5.75 Å². The van der Waals surface area contributed by atoms with Crippen molar-refractivity contribution in [1.29, 1.82) is 0 Å². The summed E-state index contributed by atoms with van der Waals surface area (Å²) in [6.45, 7) is 0.283. The number of carbonyl (C=O) groups excluding carboxylic acids is 1. The Morgan fingerprint density at radius 1 is 1.43 bits per heavy atom. The first-order chi connectivity index (χ1) is 10.0. The van der Waals surface area contributed by atoms with Gasteiger partial charge in [-0.15, -0.1) is 0 Å². The molecule has 1 aromatic heterocycles. The molecule has 1 heterocycles. The van der Waals surface area contributed by atoms with Crippen LogP contribution < -0.4 is 4.74 Å². The van der Waals surface area contributed by atoms with Crippen molar-refractivity contribution in [2.24, 2.45) is 0 Å². The van der Waals surface area contributed by atoms with Crippen LogP contribution in [0.1, 0.15) is 16.1 Å². The van der Waals surface area contributed by atoms with E-state index in [1.165, 1.54) is 36.5 Å². The van der Waals surface area contributed by atoms with Gasteiger partial charge in [-0.3, -0.25) is 14.9 Å². The van der Waals surface area contributed by atoms with Crippen molar-refractivity contribution >= 4 is 11.6 Å². The lowest BCUT2D eigenvalue weighted by atomic mass is 10.1. The summed E-state index contributed by atoms with van der Waals surface area (Å²) in [5, 5.41) is 11.0. The molecular formula is C14H14N2O5. The van der Waals surface area contributed by atoms with Crippen LogP contribution in [-0.2, 0) is 6.54 Å². The Kier molecular flexibility index (Phi) is 4.22. The van der Waals surface area contributed by atoms with Crippen molar-refractivity contribution in [2.45, 2.75) is 6.54 Å². The third-order valence-corrected chi connectivity index (χ3v) is 2.94. The van der Waals surface area contributed by atoms with Crippen LogP contribution in [0.3, 0.4) is 0 Å². The molecule has 7 heteroatoms. The maximum Gasteiger partial charge on any atom is 0.311 e. The second-order valence-electron chi connectivity index (χ2n) is 4.38. The van der Waals surface area contributed by atoms with Gasteiger partial charge in [0.05, 0.1) is 24.8 Å². The highest BCUT2D eigenvalue weighted by Gasteiger charge is 2.20. The molecule has 0 aliphatic heterocycles. The van der Waals surface area contributed by atoms with Gasteiger partial charge in [-0.05, 0) is 24.3 Å². The fourth-order valence-electron chi connectivity index (χ4n) is 1.89. The van der Waals surface area contributed by atoms with Gasteiger partial charge < -0.3 is 14.1 Å². The van der Waals surface area contributed by atoms with E-state index >= 15 is 0 Å². The molecule has 7 nitrogen and oxygen atoms in total. The molecule has 2 aromatic rings. The zero-order valence-electron chi connectivity index (χ0n) is 11.6. The Balaban J connectivity index is 2.22. The smallest absolute Gasteiger partial charge is 0.311 e. The summed E-state index contributed by atoms with van der Waals surface area (Å²) in [7, 11) is 2.94. The van der Waals surface area contributed by atoms with E-state index in [2.05, 4.69) is 0 Å². The topological polar surface area (TPSA) is 85.8 Å². The van der Waals surface area contributed by atoms with E-state index in [1.807, 2.05) is 0 Å². The molecule has 0 aliphatic carbocycles. The number of hydrogen-bond donors (Lipinski definition) is 0. The minimum absolute atomic E-state index is 0.116. The third-order valence-electron chi connectivity index (χ3n) is 2.94. The molecule has 0 N–H and O–H groups in total. The summed E-state index contributed by atoms with van der Waals surface area (Å²) in [5.74, 6) is 0.413. The van der Waals surface area contributed by atoms with E-state index in [-0.39, 0.29) is 29.5 Å². The van der Waals surface area contributed by atoms with E-state index in [4.69, 9.17) is 9.15 Å². The van der Waals surface area contributed by atoms with Crippen molar-refractivity contribution in [3.63, 3.8) is 0 Å². The first-order valence-corrected chi connectivity index (χ1v) is 6.13. The zero-order chi connectivity index (χ0) is 15.4. The van der Waals surface area contributed by atoms with Crippen LogP contribution in [-0.4, -0.2) is 29.9 Å². The molecule has 0 aliphatic rings. The second kappa shape index (κ2) is 6.08. The molecule has 1 aromatic carbocycles. The number of ether oxygens (including phenoxy) is 1. The Labute approximate surface area is 120 Å². The number of methoxy groups -OCH3 is 1. The van der Waals surface area contributed by atoms with Gasteiger partial charge in [0.15, 0.2) is 5.75 Å². The van der Waals surface area contributed by atoms with E-state index in [0.717, 1.165) is 0 Å². The van der Waals surface area contributed by atoms with Gasteiger partial charge >= 0.3 is 5.69 Å². The molecule has 0 saturated carbocycles. The maximum absolute atomic E-state index is 12.3. The molecule has 0 spiro atoms. The predicted octanol–water partition coefficient (Wildman–Crippen LogP) is 2.47. The highest BCUT2D eigenvalue weighted by molar-refractivity contribution is 5.95. The number of carbonyl (C=O) groups is 1. The molecule has 0 saturated heterocycles. The lowest BCUT2D eigenvalue weighted by Gasteiger charge is -2.15. The van der Waals surface area contributed by atoms with E-state index in [0.29, 0.717) is 5.76 Å². The molecule has 2 rings (SSSR count). The summed E-state index contributed by atoms with van der Waals surface area (Å²) in [5.41, 5.74) is -0.0219. The second-order valence-corrected chi connectivity index (χ2v) is 4.38. The van der Waals surface area contributed by atoms with Crippen LogP contribution in [0, 0.1) is 10.1 Å². The SMILES string of the molecule is COc1ccc(C(=O)N(C)Cc2ccco2)cc1[N+](=O)[O-]. The van der Waals surface area contributed by atoms with Gasteiger partial charge in [0.2, 0.25) is 0 Å². The number of nitro benzene ring substituents is 1. The van der Waals surface area contributed by atoms with Crippen molar-refractivity contribution in [1.82, 2.24) is 4.90 Å². The molecule has 0 fully saturated rings. The standard InChI is InChI=1S/C14H14N2O5/c1-15(9-11-4-3-7-21-11)14(17)10-5-6-13(20-2)12(8-10)16(18)19/h3-8H,9H2,1-2H3. The van der Waals surface area contributed by atoms with Gasteiger partial charge in [0.1, 0.15) is 5.76 Å². The van der Waals surface area contributed by atoms with Crippen LogP contribution in [0.4, 0.5) is 5.69 Å².